The van der Waals surface area contributed by atoms with Gasteiger partial charge in [0.05, 0.1) is 17.8 Å². The van der Waals surface area contributed by atoms with Crippen molar-refractivity contribution in [2.45, 2.75) is 38.0 Å². The minimum Gasteiger partial charge on any atom is -0.388 e. The predicted octanol–water partition coefficient (Wildman–Crippen LogP) is 3.99. The van der Waals surface area contributed by atoms with Crippen molar-refractivity contribution in [3.63, 3.8) is 0 Å². The van der Waals surface area contributed by atoms with Crippen LogP contribution >= 0.6 is 0 Å². The predicted molar refractivity (Wildman–Crippen MR) is 83.8 cm³/mol. The maximum Gasteiger partial charge on any atom is 0.123 e. The van der Waals surface area contributed by atoms with Crippen LogP contribution in [0.1, 0.15) is 31.4 Å². The van der Waals surface area contributed by atoms with Gasteiger partial charge in [0.25, 0.3) is 0 Å². The molecule has 1 fully saturated rings. The van der Waals surface area contributed by atoms with E-state index in [1.807, 2.05) is 6.92 Å². The van der Waals surface area contributed by atoms with Crippen molar-refractivity contribution in [2.24, 2.45) is 0 Å². The second-order valence-electron chi connectivity index (χ2n) is 5.83. The first-order valence-electron chi connectivity index (χ1n) is 7.69. The van der Waals surface area contributed by atoms with E-state index in [1.54, 1.807) is 29.3 Å². The van der Waals surface area contributed by atoms with E-state index >= 15 is 0 Å². The molecule has 1 aliphatic heterocycles. The lowest BCUT2D eigenvalue weighted by molar-refractivity contribution is -0.104. The van der Waals surface area contributed by atoms with Crippen molar-refractivity contribution in [1.82, 2.24) is 0 Å². The van der Waals surface area contributed by atoms with Crippen molar-refractivity contribution in [1.29, 1.82) is 0 Å². The number of hydroxylamine groups is 1. The number of hydrogen-bond donors (Lipinski definition) is 1. The van der Waals surface area contributed by atoms with Gasteiger partial charge in [-0.05, 0) is 61.7 Å². The molecule has 3 atom stereocenters. The Morgan fingerprint density at radius 1 is 1.04 bits per heavy atom. The van der Waals surface area contributed by atoms with Crippen molar-refractivity contribution in [3.05, 3.63) is 65.7 Å². The van der Waals surface area contributed by atoms with Crippen LogP contribution in [0.5, 0.6) is 0 Å². The lowest BCUT2D eigenvalue weighted by Gasteiger charge is -2.46. The molecule has 5 heteroatoms. The molecular weight excluding hydrogens is 300 g/mol. The van der Waals surface area contributed by atoms with Gasteiger partial charge in [-0.25, -0.2) is 13.8 Å². The molecule has 23 heavy (non-hydrogen) atoms. The topological polar surface area (TPSA) is 32.7 Å². The highest BCUT2D eigenvalue weighted by atomic mass is 19.1. The molecule has 2 aromatic rings. The van der Waals surface area contributed by atoms with E-state index in [0.29, 0.717) is 18.4 Å². The third-order valence-corrected chi connectivity index (χ3v) is 4.22. The zero-order valence-corrected chi connectivity index (χ0v) is 12.8. The molecule has 0 amide bonds. The summed E-state index contributed by atoms with van der Waals surface area (Å²) in [6.45, 7) is 2.03. The minimum absolute atomic E-state index is 0.00940. The molecule has 0 spiro atoms. The van der Waals surface area contributed by atoms with Gasteiger partial charge in [-0.2, -0.15) is 0 Å². The van der Waals surface area contributed by atoms with Crippen LogP contribution in [-0.4, -0.2) is 17.3 Å². The van der Waals surface area contributed by atoms with Gasteiger partial charge in [-0.1, -0.05) is 12.1 Å². The largest absolute Gasteiger partial charge is 0.388 e. The van der Waals surface area contributed by atoms with Crippen molar-refractivity contribution in [2.75, 3.05) is 5.06 Å². The zero-order chi connectivity index (χ0) is 16.4. The molecule has 1 heterocycles. The van der Waals surface area contributed by atoms with Crippen molar-refractivity contribution in [3.8, 4) is 0 Å². The van der Waals surface area contributed by atoms with E-state index in [2.05, 4.69) is 0 Å². The minimum atomic E-state index is -0.633. The first-order valence-corrected chi connectivity index (χ1v) is 7.69. The van der Waals surface area contributed by atoms with Crippen LogP contribution in [0.25, 0.3) is 0 Å². The van der Waals surface area contributed by atoms with Crippen LogP contribution in [0.2, 0.25) is 0 Å². The first-order chi connectivity index (χ1) is 11.0. The number of halogens is 2. The van der Waals surface area contributed by atoms with E-state index < -0.39 is 6.10 Å². The molecule has 1 saturated heterocycles. The Morgan fingerprint density at radius 3 is 2.17 bits per heavy atom. The van der Waals surface area contributed by atoms with Crippen molar-refractivity contribution < 1.29 is 18.7 Å². The number of aliphatic hydroxyl groups excluding tert-OH is 1. The van der Waals surface area contributed by atoms with Crippen LogP contribution in [-0.2, 0) is 4.84 Å². The molecule has 0 aliphatic carbocycles. The molecule has 3 unspecified atom stereocenters. The molecule has 0 radical (unpaired) electrons. The van der Waals surface area contributed by atoms with Crippen LogP contribution in [0.4, 0.5) is 14.5 Å². The van der Waals surface area contributed by atoms with E-state index in [1.165, 1.54) is 24.3 Å². The summed E-state index contributed by atoms with van der Waals surface area (Å²) in [5.41, 5.74) is 1.52. The fourth-order valence-electron chi connectivity index (χ4n) is 2.77. The van der Waals surface area contributed by atoms with Crippen LogP contribution in [0, 0.1) is 11.6 Å². The zero-order valence-electron chi connectivity index (χ0n) is 12.8. The normalized spacial score (nSPS) is 21.8. The van der Waals surface area contributed by atoms with Crippen molar-refractivity contribution >= 4 is 5.69 Å². The Bertz CT molecular complexity index is 645. The van der Waals surface area contributed by atoms with Gasteiger partial charge < -0.3 is 5.11 Å². The molecule has 1 aliphatic rings. The smallest absolute Gasteiger partial charge is 0.123 e. The Balaban J connectivity index is 1.50. The lowest BCUT2D eigenvalue weighted by atomic mass is 9.98. The summed E-state index contributed by atoms with van der Waals surface area (Å²) in [4.78, 5) is 5.72. The third kappa shape index (κ3) is 3.51. The number of nitrogens with zero attached hydrogens (tertiary/aromatic N) is 1. The lowest BCUT2D eigenvalue weighted by Crippen LogP contribution is -2.56. The van der Waals surface area contributed by atoms with E-state index in [0.717, 1.165) is 5.69 Å². The fraction of sp³-hybridized carbons (Fsp3) is 0.333. The number of aliphatic hydroxyl groups is 1. The van der Waals surface area contributed by atoms with Gasteiger partial charge in [-0.3, -0.25) is 4.84 Å². The quantitative estimate of drug-likeness (QED) is 0.904. The fourth-order valence-corrected chi connectivity index (χ4v) is 2.77. The van der Waals surface area contributed by atoms with Gasteiger partial charge >= 0.3 is 0 Å². The van der Waals surface area contributed by atoms with Gasteiger partial charge in [0.2, 0.25) is 0 Å². The summed E-state index contributed by atoms with van der Waals surface area (Å²) >= 11 is 0. The van der Waals surface area contributed by atoms with Crippen LogP contribution in [0.3, 0.4) is 0 Å². The summed E-state index contributed by atoms with van der Waals surface area (Å²) < 4.78 is 25.8. The van der Waals surface area contributed by atoms with Gasteiger partial charge in [0.15, 0.2) is 0 Å². The first kappa shape index (κ1) is 15.9. The third-order valence-electron chi connectivity index (χ3n) is 4.22. The van der Waals surface area contributed by atoms with E-state index in [4.69, 9.17) is 4.84 Å². The number of benzene rings is 2. The summed E-state index contributed by atoms with van der Waals surface area (Å²) in [5.74, 6) is -0.590. The summed E-state index contributed by atoms with van der Waals surface area (Å²) in [7, 11) is 0. The second kappa shape index (κ2) is 6.64. The standard InChI is InChI=1S/C18H19F2NO2/c1-12-18(23-21(12)16-8-6-15(20)7-9-16)11-10-17(22)13-2-4-14(19)5-3-13/h2-9,12,17-18,22H,10-11H2,1H3. The SMILES string of the molecule is CC1C(CCC(O)c2ccc(F)cc2)ON1c1ccc(F)cc1. The van der Waals surface area contributed by atoms with Gasteiger partial charge in [-0.15, -0.1) is 0 Å². The Hall–Kier alpha value is -1.98. The molecular formula is C18H19F2NO2. The maximum atomic E-state index is 12.9. The molecule has 0 saturated carbocycles. The Labute approximate surface area is 134 Å². The molecule has 0 bridgehead atoms. The Morgan fingerprint density at radius 2 is 1.61 bits per heavy atom. The average molecular weight is 319 g/mol. The van der Waals surface area contributed by atoms with E-state index in [9.17, 15) is 13.9 Å². The second-order valence-corrected chi connectivity index (χ2v) is 5.83. The number of rotatable bonds is 5. The molecule has 122 valence electrons. The maximum absolute atomic E-state index is 12.9. The number of anilines is 1. The van der Waals surface area contributed by atoms with Crippen LogP contribution < -0.4 is 5.06 Å². The van der Waals surface area contributed by atoms with Crippen LogP contribution in [0.15, 0.2) is 48.5 Å². The molecule has 3 rings (SSSR count). The highest BCUT2D eigenvalue weighted by Crippen LogP contribution is 2.33. The summed E-state index contributed by atoms with van der Waals surface area (Å²) in [6.07, 6.45) is 0.608. The summed E-state index contributed by atoms with van der Waals surface area (Å²) in [6, 6.07) is 12.2. The monoisotopic (exact) mass is 319 g/mol. The molecule has 1 N–H and O–H groups in total. The summed E-state index contributed by atoms with van der Waals surface area (Å²) in [5, 5.41) is 11.9. The highest BCUT2D eigenvalue weighted by Gasteiger charge is 2.37. The molecule has 2 aromatic carbocycles. The number of hydrogen-bond acceptors (Lipinski definition) is 3. The average Bonchev–Trinajstić information content (AvgIpc) is 2.55. The molecule has 3 nitrogen and oxygen atoms in total. The van der Waals surface area contributed by atoms with Gasteiger partial charge in [0, 0.05) is 0 Å². The van der Waals surface area contributed by atoms with E-state index in [-0.39, 0.29) is 23.8 Å². The van der Waals surface area contributed by atoms with Gasteiger partial charge in [0.1, 0.15) is 17.7 Å². The Kier molecular flexibility index (Phi) is 4.59. The highest BCUT2D eigenvalue weighted by molar-refractivity contribution is 5.46. The molecule has 0 aromatic heterocycles.